The van der Waals surface area contributed by atoms with E-state index < -0.39 is 48.1 Å². The maximum Gasteiger partial charge on any atom is 1.00 e. The van der Waals surface area contributed by atoms with Crippen molar-refractivity contribution in [2.75, 3.05) is 0 Å². The van der Waals surface area contributed by atoms with E-state index in [1.807, 2.05) is 0 Å². The predicted molar refractivity (Wildman–Crippen MR) is 134 cm³/mol. The fourth-order valence-corrected chi connectivity index (χ4v) is 7.65. The fraction of sp³-hybridized carbons (Fsp3) is 0. The molecule has 0 heterocycles. The Hall–Kier alpha value is 0.0400. The summed E-state index contributed by atoms with van der Waals surface area (Å²) in [5.74, 6) is 0. The van der Waals surface area contributed by atoms with Gasteiger partial charge in [0.25, 0.3) is 0 Å². The molecule has 16 heteroatoms. The van der Waals surface area contributed by atoms with E-state index in [1.165, 1.54) is 48.5 Å². The molecule has 0 N–H and O–H groups in total. The molecule has 192 valence electrons. The van der Waals surface area contributed by atoms with Gasteiger partial charge in [-0.3, -0.25) is 0 Å². The summed E-state index contributed by atoms with van der Waals surface area (Å²) >= 11 is 0. The second-order valence-corrected chi connectivity index (χ2v) is 14.1. The van der Waals surface area contributed by atoms with Crippen molar-refractivity contribution in [3.63, 3.8) is 0 Å². The Balaban J connectivity index is 0.00000267. The van der Waals surface area contributed by atoms with Crippen LogP contribution < -0.4 is 105 Å². The SMILES string of the molecule is O=S(=O)([O-])c1ccc(-c2ccc(P(c3cccc(S(=O)(=O)[O-])c3)c3cccc(S(=O)(=O)[O-])c3)cc2)cc1.[Na+].[Na+].[Na+]. The zero-order valence-electron chi connectivity index (χ0n) is 21.6. The van der Waals surface area contributed by atoms with Crippen molar-refractivity contribution in [3.05, 3.63) is 97.1 Å². The zero-order chi connectivity index (χ0) is 27.0. The molecule has 0 unspecified atom stereocenters. The number of benzene rings is 4. The van der Waals surface area contributed by atoms with Crippen molar-refractivity contribution in [2.24, 2.45) is 0 Å². The Kier molecular flexibility index (Phi) is 14.4. The van der Waals surface area contributed by atoms with Gasteiger partial charge < -0.3 is 13.7 Å². The Bertz CT molecular complexity index is 1720. The van der Waals surface area contributed by atoms with Gasteiger partial charge in [0.1, 0.15) is 30.4 Å². The topological polar surface area (TPSA) is 172 Å². The molecule has 4 rings (SSSR count). The van der Waals surface area contributed by atoms with E-state index in [1.54, 1.807) is 36.4 Å². The molecule has 0 atom stereocenters. The number of hydrogen-bond acceptors (Lipinski definition) is 9. The van der Waals surface area contributed by atoms with Gasteiger partial charge in [-0.15, -0.1) is 0 Å². The second kappa shape index (κ2) is 15.2. The molecular weight excluding hydrogens is 628 g/mol. The van der Waals surface area contributed by atoms with Crippen molar-refractivity contribution < 1.29 is 128 Å². The van der Waals surface area contributed by atoms with Crippen LogP contribution in [0.5, 0.6) is 0 Å². The monoisotopic (exact) mass is 644 g/mol. The maximum absolute atomic E-state index is 11.6. The van der Waals surface area contributed by atoms with Gasteiger partial charge in [0, 0.05) is 0 Å². The standard InChI is InChI=1S/C24H19O9PS3.3Na/c25-35(26,27)22-13-9-18(10-14-22)17-7-11-19(12-8-17)34(20-3-1-5-23(15-20)36(28,29)30)21-4-2-6-24(16-21)37(31,32)33;;;/h1-16H,(H,25,26,27)(H,28,29,30)(H,31,32,33);;;/q;3*+1/p-3. The van der Waals surface area contributed by atoms with E-state index in [-0.39, 0.29) is 93.6 Å². The molecule has 0 bridgehead atoms. The fourth-order valence-electron chi connectivity index (χ4n) is 3.62. The third-order valence-electron chi connectivity index (χ3n) is 5.33. The first kappa shape index (κ1) is 38.1. The van der Waals surface area contributed by atoms with E-state index in [0.29, 0.717) is 27.0 Å². The summed E-state index contributed by atoms with van der Waals surface area (Å²) in [6, 6.07) is 23.0. The third-order valence-corrected chi connectivity index (χ3v) is 10.2. The van der Waals surface area contributed by atoms with E-state index in [0.717, 1.165) is 12.1 Å². The molecule has 40 heavy (non-hydrogen) atoms. The van der Waals surface area contributed by atoms with Crippen molar-refractivity contribution in [2.45, 2.75) is 14.7 Å². The van der Waals surface area contributed by atoms with Gasteiger partial charge in [-0.2, -0.15) is 0 Å². The first-order chi connectivity index (χ1) is 17.2. The second-order valence-electron chi connectivity index (χ2n) is 7.76. The largest absolute Gasteiger partial charge is 1.00 e. The van der Waals surface area contributed by atoms with Crippen molar-refractivity contribution in [1.29, 1.82) is 0 Å². The number of hydrogen-bond donors (Lipinski definition) is 0. The maximum atomic E-state index is 11.6. The minimum Gasteiger partial charge on any atom is -0.744 e. The first-order valence-electron chi connectivity index (χ1n) is 10.3. The van der Waals surface area contributed by atoms with Crippen LogP contribution in [-0.2, 0) is 30.4 Å². The van der Waals surface area contributed by atoms with Crippen LogP contribution in [0.25, 0.3) is 11.1 Å². The van der Waals surface area contributed by atoms with E-state index in [2.05, 4.69) is 0 Å². The zero-order valence-corrected chi connectivity index (χ0v) is 30.9. The molecule has 9 nitrogen and oxygen atoms in total. The molecule has 0 aliphatic carbocycles. The summed E-state index contributed by atoms with van der Waals surface area (Å²) in [6.45, 7) is 0. The van der Waals surface area contributed by atoms with Crippen LogP contribution in [0.4, 0.5) is 0 Å². The molecule has 0 saturated heterocycles. The molecule has 0 amide bonds. The summed E-state index contributed by atoms with van der Waals surface area (Å²) in [5.41, 5.74) is 1.31. The van der Waals surface area contributed by atoms with Crippen LogP contribution in [0.1, 0.15) is 0 Å². The van der Waals surface area contributed by atoms with E-state index in [4.69, 9.17) is 0 Å². The summed E-state index contributed by atoms with van der Waals surface area (Å²) in [7, 11) is -15.7. The van der Waals surface area contributed by atoms with E-state index in [9.17, 15) is 38.9 Å². The van der Waals surface area contributed by atoms with Gasteiger partial charge in [0.15, 0.2) is 0 Å². The van der Waals surface area contributed by atoms with Gasteiger partial charge in [0.05, 0.1) is 14.7 Å². The van der Waals surface area contributed by atoms with Crippen LogP contribution in [0.3, 0.4) is 0 Å². The predicted octanol–water partition coefficient (Wildman–Crippen LogP) is -7.16. The minimum absolute atomic E-state index is 0. The van der Waals surface area contributed by atoms with Crippen LogP contribution in [0.15, 0.2) is 112 Å². The summed E-state index contributed by atoms with van der Waals surface area (Å²) in [4.78, 5) is -1.26. The molecule has 0 aromatic heterocycles. The van der Waals surface area contributed by atoms with Crippen molar-refractivity contribution in [3.8, 4) is 11.1 Å². The normalized spacial score (nSPS) is 11.6. The van der Waals surface area contributed by atoms with Crippen LogP contribution in [-0.4, -0.2) is 38.9 Å². The molecular formula is C24H16Na3O9PS3. The molecule has 0 aliphatic heterocycles. The Labute approximate surface area is 300 Å². The average Bonchev–Trinajstić information content (AvgIpc) is 2.84. The summed E-state index contributed by atoms with van der Waals surface area (Å²) < 4.78 is 103. The molecule has 0 radical (unpaired) electrons. The van der Waals surface area contributed by atoms with Gasteiger partial charge in [-0.05, 0) is 71.4 Å². The molecule has 0 saturated carbocycles. The first-order valence-corrected chi connectivity index (χ1v) is 15.9. The molecule has 0 fully saturated rings. The summed E-state index contributed by atoms with van der Waals surface area (Å²) in [5, 5.41) is 1.52. The van der Waals surface area contributed by atoms with Gasteiger partial charge in [-0.1, -0.05) is 60.7 Å². The van der Waals surface area contributed by atoms with Gasteiger partial charge in [-0.25, -0.2) is 25.3 Å². The van der Waals surface area contributed by atoms with Crippen molar-refractivity contribution in [1.82, 2.24) is 0 Å². The molecule has 0 aliphatic rings. The Morgan fingerprint density at radius 1 is 0.425 bits per heavy atom. The Morgan fingerprint density at radius 2 is 0.775 bits per heavy atom. The van der Waals surface area contributed by atoms with Crippen LogP contribution in [0.2, 0.25) is 0 Å². The van der Waals surface area contributed by atoms with Gasteiger partial charge in [0.2, 0.25) is 0 Å². The summed E-state index contributed by atoms with van der Waals surface area (Å²) in [6.07, 6.45) is 0. The smallest absolute Gasteiger partial charge is 0.744 e. The quantitative estimate of drug-likeness (QED) is 0.108. The Morgan fingerprint density at radius 3 is 1.12 bits per heavy atom. The van der Waals surface area contributed by atoms with Gasteiger partial charge >= 0.3 is 88.7 Å². The van der Waals surface area contributed by atoms with Crippen LogP contribution >= 0.6 is 7.92 Å². The van der Waals surface area contributed by atoms with E-state index >= 15 is 0 Å². The molecule has 4 aromatic carbocycles. The molecule has 4 aromatic rings. The third kappa shape index (κ3) is 9.52. The molecule has 0 spiro atoms. The number of rotatable bonds is 7. The minimum atomic E-state index is -4.76. The van der Waals surface area contributed by atoms with Crippen molar-refractivity contribution >= 4 is 54.2 Å². The average molecular weight is 645 g/mol. The van der Waals surface area contributed by atoms with Crippen LogP contribution in [0, 0.1) is 0 Å².